The van der Waals surface area contributed by atoms with E-state index in [-0.39, 0.29) is 20.9 Å². The maximum atomic E-state index is 11.0. The van der Waals surface area contributed by atoms with Gasteiger partial charge in [-0.2, -0.15) is 0 Å². The fourth-order valence-corrected chi connectivity index (χ4v) is 3.05. The SMILES string of the molecule is COc1ccc(S(=O)(=O)Cl)c(Br)c1O. The molecular weight excluding hydrogens is 295 g/mol. The van der Waals surface area contributed by atoms with Gasteiger partial charge in [0.05, 0.1) is 11.6 Å². The highest BCUT2D eigenvalue weighted by atomic mass is 79.9. The molecule has 0 bridgehead atoms. The minimum absolute atomic E-state index is 0.00755. The zero-order chi connectivity index (χ0) is 10.9. The quantitative estimate of drug-likeness (QED) is 0.850. The van der Waals surface area contributed by atoms with E-state index in [2.05, 4.69) is 15.9 Å². The number of phenols is 1. The number of phenolic OH excluding ortho intramolecular Hbond substituents is 1. The minimum Gasteiger partial charge on any atom is -0.503 e. The maximum absolute atomic E-state index is 11.0. The number of hydrogen-bond acceptors (Lipinski definition) is 4. The highest BCUT2D eigenvalue weighted by Crippen LogP contribution is 2.39. The second kappa shape index (κ2) is 3.96. The molecule has 0 spiro atoms. The van der Waals surface area contributed by atoms with Gasteiger partial charge in [-0.15, -0.1) is 0 Å². The van der Waals surface area contributed by atoms with Gasteiger partial charge in [0.15, 0.2) is 11.5 Å². The van der Waals surface area contributed by atoms with Crippen LogP contribution in [0.25, 0.3) is 0 Å². The van der Waals surface area contributed by atoms with Crippen LogP contribution >= 0.6 is 26.6 Å². The summed E-state index contributed by atoms with van der Waals surface area (Å²) in [6.45, 7) is 0. The summed E-state index contributed by atoms with van der Waals surface area (Å²) < 4.78 is 26.7. The monoisotopic (exact) mass is 300 g/mol. The lowest BCUT2D eigenvalue weighted by Crippen LogP contribution is -1.94. The topological polar surface area (TPSA) is 63.6 Å². The Labute approximate surface area is 94.0 Å². The number of methoxy groups -OCH3 is 1. The van der Waals surface area contributed by atoms with Crippen molar-refractivity contribution in [3.8, 4) is 11.5 Å². The highest BCUT2D eigenvalue weighted by Gasteiger charge is 2.19. The van der Waals surface area contributed by atoms with Crippen LogP contribution in [-0.2, 0) is 9.05 Å². The average Bonchev–Trinajstić information content (AvgIpc) is 2.07. The third-order valence-corrected chi connectivity index (χ3v) is 3.96. The molecule has 0 aromatic heterocycles. The van der Waals surface area contributed by atoms with Crippen LogP contribution in [-0.4, -0.2) is 20.6 Å². The van der Waals surface area contributed by atoms with Crippen LogP contribution in [0.2, 0.25) is 0 Å². The third kappa shape index (κ3) is 2.13. The van der Waals surface area contributed by atoms with Gasteiger partial charge in [-0.05, 0) is 28.1 Å². The minimum atomic E-state index is -3.87. The van der Waals surface area contributed by atoms with Crippen LogP contribution in [0, 0.1) is 0 Å². The van der Waals surface area contributed by atoms with Crippen molar-refractivity contribution in [2.75, 3.05) is 7.11 Å². The molecule has 0 heterocycles. The molecule has 0 fully saturated rings. The second-order valence-electron chi connectivity index (χ2n) is 2.37. The Morgan fingerprint density at radius 3 is 2.50 bits per heavy atom. The summed E-state index contributed by atoms with van der Waals surface area (Å²) in [6, 6.07) is 2.56. The van der Waals surface area contributed by atoms with Gasteiger partial charge >= 0.3 is 0 Å². The summed E-state index contributed by atoms with van der Waals surface area (Å²) >= 11 is 2.91. The number of benzene rings is 1. The predicted molar refractivity (Wildman–Crippen MR) is 55.4 cm³/mol. The van der Waals surface area contributed by atoms with E-state index in [0.29, 0.717) is 0 Å². The number of aromatic hydroxyl groups is 1. The van der Waals surface area contributed by atoms with Crippen LogP contribution in [0.15, 0.2) is 21.5 Å². The van der Waals surface area contributed by atoms with Crippen LogP contribution in [0.4, 0.5) is 0 Å². The Kier molecular flexibility index (Phi) is 3.28. The van der Waals surface area contributed by atoms with Gasteiger partial charge in [0.2, 0.25) is 0 Å². The zero-order valence-electron chi connectivity index (χ0n) is 6.99. The summed E-state index contributed by atoms with van der Waals surface area (Å²) in [4.78, 5) is -0.197. The summed E-state index contributed by atoms with van der Waals surface area (Å²) in [6.07, 6.45) is 0. The van der Waals surface area contributed by atoms with Crippen LogP contribution in [0.5, 0.6) is 11.5 Å². The van der Waals surface area contributed by atoms with Crippen LogP contribution in [0.3, 0.4) is 0 Å². The first-order valence-corrected chi connectivity index (χ1v) is 6.48. The van der Waals surface area contributed by atoms with Gasteiger partial charge in [0.25, 0.3) is 9.05 Å². The lowest BCUT2D eigenvalue weighted by atomic mass is 10.3. The third-order valence-electron chi connectivity index (χ3n) is 1.53. The molecule has 0 amide bonds. The molecule has 1 rings (SSSR count). The molecule has 0 aliphatic carbocycles. The van der Waals surface area contributed by atoms with E-state index in [0.717, 1.165) is 0 Å². The van der Waals surface area contributed by atoms with Crippen molar-refractivity contribution in [1.29, 1.82) is 0 Å². The van der Waals surface area contributed by atoms with Gasteiger partial charge in [0.1, 0.15) is 4.90 Å². The first-order valence-electron chi connectivity index (χ1n) is 3.38. The molecule has 78 valence electrons. The van der Waals surface area contributed by atoms with E-state index in [1.807, 2.05) is 0 Å². The molecule has 0 saturated heterocycles. The molecule has 0 radical (unpaired) electrons. The number of hydrogen-bond donors (Lipinski definition) is 1. The first kappa shape index (κ1) is 11.6. The molecule has 1 N–H and O–H groups in total. The summed E-state index contributed by atoms with van der Waals surface area (Å²) in [5, 5.41) is 9.45. The summed E-state index contributed by atoms with van der Waals surface area (Å²) in [5.74, 6) is -0.129. The van der Waals surface area contributed by atoms with E-state index in [1.54, 1.807) is 0 Å². The van der Waals surface area contributed by atoms with Gasteiger partial charge in [-0.1, -0.05) is 0 Å². The molecule has 4 nitrogen and oxygen atoms in total. The summed E-state index contributed by atoms with van der Waals surface area (Å²) in [5.41, 5.74) is 0. The predicted octanol–water partition coefficient (Wildman–Crippen LogP) is 2.09. The smallest absolute Gasteiger partial charge is 0.262 e. The van der Waals surface area contributed by atoms with Crippen molar-refractivity contribution in [2.24, 2.45) is 0 Å². The zero-order valence-corrected chi connectivity index (χ0v) is 10.1. The van der Waals surface area contributed by atoms with Gasteiger partial charge in [-0.25, -0.2) is 8.42 Å². The Balaban J connectivity index is 3.47. The van der Waals surface area contributed by atoms with Crippen molar-refractivity contribution >= 4 is 35.7 Å². The van der Waals surface area contributed by atoms with E-state index in [1.165, 1.54) is 19.2 Å². The van der Waals surface area contributed by atoms with Crippen molar-refractivity contribution in [3.05, 3.63) is 16.6 Å². The Morgan fingerprint density at radius 2 is 2.07 bits per heavy atom. The molecular formula is C7H6BrClO4S. The van der Waals surface area contributed by atoms with Crippen molar-refractivity contribution in [1.82, 2.24) is 0 Å². The Bertz CT molecular complexity index is 457. The Morgan fingerprint density at radius 1 is 1.50 bits per heavy atom. The molecule has 0 aliphatic rings. The van der Waals surface area contributed by atoms with Crippen molar-refractivity contribution in [2.45, 2.75) is 4.90 Å². The molecule has 1 aromatic rings. The molecule has 0 unspecified atom stereocenters. The number of rotatable bonds is 2. The maximum Gasteiger partial charge on any atom is 0.262 e. The first-order chi connectivity index (χ1) is 6.38. The van der Waals surface area contributed by atoms with Gasteiger partial charge in [0, 0.05) is 10.7 Å². The lowest BCUT2D eigenvalue weighted by molar-refractivity contribution is 0.370. The van der Waals surface area contributed by atoms with Crippen molar-refractivity contribution in [3.63, 3.8) is 0 Å². The van der Waals surface area contributed by atoms with E-state index in [4.69, 9.17) is 15.4 Å². The number of halogens is 2. The van der Waals surface area contributed by atoms with Gasteiger partial charge < -0.3 is 9.84 Å². The normalized spacial score (nSPS) is 11.4. The molecule has 0 atom stereocenters. The Hall–Kier alpha value is -0.460. The van der Waals surface area contributed by atoms with E-state index in [9.17, 15) is 13.5 Å². The van der Waals surface area contributed by atoms with Crippen LogP contribution in [0.1, 0.15) is 0 Å². The molecule has 0 aliphatic heterocycles. The standard InChI is InChI=1S/C7H6BrClO4S/c1-13-4-2-3-5(14(9,11)12)6(8)7(4)10/h2-3,10H,1H3. The number of ether oxygens (including phenoxy) is 1. The molecule has 1 aromatic carbocycles. The fourth-order valence-electron chi connectivity index (χ4n) is 0.881. The lowest BCUT2D eigenvalue weighted by Gasteiger charge is -2.07. The van der Waals surface area contributed by atoms with Gasteiger partial charge in [-0.3, -0.25) is 0 Å². The molecule has 14 heavy (non-hydrogen) atoms. The van der Waals surface area contributed by atoms with Crippen molar-refractivity contribution < 1.29 is 18.3 Å². The molecule has 0 saturated carbocycles. The second-order valence-corrected chi connectivity index (χ2v) is 5.69. The van der Waals surface area contributed by atoms with E-state index >= 15 is 0 Å². The largest absolute Gasteiger partial charge is 0.503 e. The highest BCUT2D eigenvalue weighted by molar-refractivity contribution is 9.10. The summed E-state index contributed by atoms with van der Waals surface area (Å²) in [7, 11) is 2.61. The molecule has 7 heteroatoms. The van der Waals surface area contributed by atoms with Crippen LogP contribution < -0.4 is 4.74 Å². The average molecular weight is 302 g/mol. The fraction of sp³-hybridized carbons (Fsp3) is 0.143. The van der Waals surface area contributed by atoms with E-state index < -0.39 is 9.05 Å².